The van der Waals surface area contributed by atoms with E-state index in [0.29, 0.717) is 17.2 Å². The molecule has 2 heterocycles. The summed E-state index contributed by atoms with van der Waals surface area (Å²) in [7, 11) is 0. The van der Waals surface area contributed by atoms with Crippen LogP contribution in [0.25, 0.3) is 28.2 Å². The first-order chi connectivity index (χ1) is 13.9. The van der Waals surface area contributed by atoms with Gasteiger partial charge in [0.05, 0.1) is 5.69 Å². The number of amides is 1. The van der Waals surface area contributed by atoms with Gasteiger partial charge in [-0.15, -0.1) is 11.8 Å². The van der Waals surface area contributed by atoms with Crippen LogP contribution in [0.3, 0.4) is 0 Å². The van der Waals surface area contributed by atoms with Crippen LogP contribution in [-0.4, -0.2) is 31.7 Å². The van der Waals surface area contributed by atoms with Crippen molar-refractivity contribution >= 4 is 28.8 Å². The summed E-state index contributed by atoms with van der Waals surface area (Å²) in [5.41, 5.74) is 9.21. The molecule has 4 aromatic rings. The second-order valence-corrected chi connectivity index (χ2v) is 7.60. The fraction of sp³-hybridized carbons (Fsp3) is 0.143. The molecule has 0 unspecified atom stereocenters. The van der Waals surface area contributed by atoms with Crippen LogP contribution >= 0.6 is 11.8 Å². The lowest BCUT2D eigenvalue weighted by Gasteiger charge is -2.08. The highest BCUT2D eigenvalue weighted by Gasteiger charge is 2.20. The van der Waals surface area contributed by atoms with E-state index in [0.717, 1.165) is 21.6 Å². The van der Waals surface area contributed by atoms with E-state index >= 15 is 0 Å². The number of aromatic amines is 1. The predicted octanol–water partition coefficient (Wildman–Crippen LogP) is 3.21. The van der Waals surface area contributed by atoms with Gasteiger partial charge in [0.25, 0.3) is 5.91 Å². The summed E-state index contributed by atoms with van der Waals surface area (Å²) in [6, 6.07) is 13.3. The van der Waals surface area contributed by atoms with Crippen LogP contribution in [-0.2, 0) is 0 Å². The van der Waals surface area contributed by atoms with Crippen molar-refractivity contribution in [1.29, 1.82) is 0 Å². The number of fused-ring (bicyclic) bond motifs is 1. The Morgan fingerprint density at radius 1 is 1.07 bits per heavy atom. The second kappa shape index (κ2) is 7.21. The van der Waals surface area contributed by atoms with Gasteiger partial charge in [0.1, 0.15) is 5.52 Å². The third kappa shape index (κ3) is 3.31. The third-order valence-electron chi connectivity index (χ3n) is 4.87. The summed E-state index contributed by atoms with van der Waals surface area (Å²) in [4.78, 5) is 37.5. The van der Waals surface area contributed by atoms with Gasteiger partial charge in [0.2, 0.25) is 0 Å². The number of benzene rings is 2. The zero-order valence-corrected chi connectivity index (χ0v) is 17.0. The highest BCUT2D eigenvalue weighted by Crippen LogP contribution is 2.24. The standard InChI is InChI=1S/C21H19N5O2S/c1-11-4-7-14(10-12(11)2)26-20-17(24-21(26)28)16(18(22)27)23-19(25-20)13-5-8-15(29-3)9-6-13/h4-10H,1-3H3,(H2,22,27)(H,24,28). The lowest BCUT2D eigenvalue weighted by molar-refractivity contribution is 0.0997. The summed E-state index contributed by atoms with van der Waals surface area (Å²) in [6.45, 7) is 3.97. The quantitative estimate of drug-likeness (QED) is 0.507. The van der Waals surface area contributed by atoms with Crippen LogP contribution in [0.1, 0.15) is 21.6 Å². The van der Waals surface area contributed by atoms with Crippen LogP contribution in [0.15, 0.2) is 52.2 Å². The number of hydrogen-bond acceptors (Lipinski definition) is 5. The van der Waals surface area contributed by atoms with Crippen LogP contribution in [0.5, 0.6) is 0 Å². The lowest BCUT2D eigenvalue weighted by Crippen LogP contribution is -2.15. The summed E-state index contributed by atoms with van der Waals surface area (Å²) < 4.78 is 1.44. The number of aryl methyl sites for hydroxylation is 2. The Balaban J connectivity index is 2.01. The minimum atomic E-state index is -0.729. The summed E-state index contributed by atoms with van der Waals surface area (Å²) in [6.07, 6.45) is 1.99. The number of carbonyl (C=O) groups excluding carboxylic acids is 1. The Kier molecular flexibility index (Phi) is 4.71. The molecule has 4 rings (SSSR count). The van der Waals surface area contributed by atoms with Gasteiger partial charge >= 0.3 is 5.69 Å². The first-order valence-electron chi connectivity index (χ1n) is 8.93. The van der Waals surface area contributed by atoms with E-state index in [1.54, 1.807) is 11.8 Å². The van der Waals surface area contributed by atoms with Crippen molar-refractivity contribution < 1.29 is 4.79 Å². The molecule has 2 aromatic heterocycles. The van der Waals surface area contributed by atoms with Crippen molar-refractivity contribution in [1.82, 2.24) is 19.5 Å². The van der Waals surface area contributed by atoms with E-state index in [4.69, 9.17) is 5.73 Å². The smallest absolute Gasteiger partial charge is 0.332 e. The third-order valence-corrected chi connectivity index (χ3v) is 5.61. The molecule has 0 saturated carbocycles. The molecule has 29 heavy (non-hydrogen) atoms. The van der Waals surface area contributed by atoms with Crippen molar-refractivity contribution in [2.24, 2.45) is 5.73 Å². The van der Waals surface area contributed by atoms with Crippen molar-refractivity contribution in [3.05, 3.63) is 69.8 Å². The fourth-order valence-corrected chi connectivity index (χ4v) is 3.54. The summed E-state index contributed by atoms with van der Waals surface area (Å²) >= 11 is 1.62. The van der Waals surface area contributed by atoms with Crippen molar-refractivity contribution in [3.8, 4) is 17.1 Å². The molecule has 2 aromatic carbocycles. The molecule has 0 bridgehead atoms. The van der Waals surface area contributed by atoms with Crippen molar-refractivity contribution in [3.63, 3.8) is 0 Å². The van der Waals surface area contributed by atoms with Crippen LogP contribution in [0.4, 0.5) is 0 Å². The summed E-state index contributed by atoms with van der Waals surface area (Å²) in [5.74, 6) is -0.400. The Labute approximate surface area is 171 Å². The number of imidazole rings is 1. The largest absolute Gasteiger partial charge is 0.364 e. The normalized spacial score (nSPS) is 11.1. The molecule has 3 N–H and O–H groups in total. The van der Waals surface area contributed by atoms with Gasteiger partial charge in [-0.05, 0) is 55.5 Å². The molecule has 0 aliphatic carbocycles. The van der Waals surface area contributed by atoms with Gasteiger partial charge in [-0.2, -0.15) is 0 Å². The van der Waals surface area contributed by atoms with E-state index < -0.39 is 11.6 Å². The molecule has 0 radical (unpaired) electrons. The van der Waals surface area contributed by atoms with Gasteiger partial charge in [0.15, 0.2) is 17.2 Å². The number of rotatable bonds is 4. The number of hydrogen-bond donors (Lipinski definition) is 2. The van der Waals surface area contributed by atoms with E-state index in [-0.39, 0.29) is 11.2 Å². The molecule has 146 valence electrons. The molecule has 7 nitrogen and oxygen atoms in total. The number of nitrogens with zero attached hydrogens (tertiary/aromatic N) is 3. The van der Waals surface area contributed by atoms with Gasteiger partial charge in [0, 0.05) is 10.5 Å². The fourth-order valence-electron chi connectivity index (χ4n) is 3.14. The monoisotopic (exact) mass is 405 g/mol. The number of nitrogens with one attached hydrogen (secondary N) is 1. The van der Waals surface area contributed by atoms with Gasteiger partial charge in [-0.1, -0.05) is 18.2 Å². The molecule has 0 saturated heterocycles. The highest BCUT2D eigenvalue weighted by atomic mass is 32.2. The van der Waals surface area contributed by atoms with Crippen LogP contribution < -0.4 is 11.4 Å². The van der Waals surface area contributed by atoms with Crippen LogP contribution in [0.2, 0.25) is 0 Å². The molecule has 0 aliphatic rings. The molecule has 0 aliphatic heterocycles. The zero-order chi connectivity index (χ0) is 20.7. The van der Waals surface area contributed by atoms with Gasteiger partial charge in [-0.25, -0.2) is 19.3 Å². The molecular weight excluding hydrogens is 386 g/mol. The number of nitrogens with two attached hydrogens (primary N) is 1. The molecule has 0 fully saturated rings. The number of thioether (sulfide) groups is 1. The first kappa shape index (κ1) is 18.9. The molecule has 0 atom stereocenters. The average Bonchev–Trinajstić information content (AvgIpc) is 3.05. The number of primary amides is 1. The molecular formula is C21H19N5O2S. The van der Waals surface area contributed by atoms with Crippen molar-refractivity contribution in [2.75, 3.05) is 6.26 Å². The van der Waals surface area contributed by atoms with Crippen LogP contribution in [0, 0.1) is 13.8 Å². The highest BCUT2D eigenvalue weighted by molar-refractivity contribution is 7.98. The lowest BCUT2D eigenvalue weighted by atomic mass is 10.1. The zero-order valence-electron chi connectivity index (χ0n) is 16.2. The minimum absolute atomic E-state index is 0.0152. The van der Waals surface area contributed by atoms with E-state index in [2.05, 4.69) is 15.0 Å². The maximum atomic E-state index is 12.7. The molecule has 1 amide bonds. The Morgan fingerprint density at radius 3 is 2.41 bits per heavy atom. The Morgan fingerprint density at radius 2 is 1.79 bits per heavy atom. The Hall–Kier alpha value is -3.39. The maximum absolute atomic E-state index is 12.7. The van der Waals surface area contributed by atoms with Gasteiger partial charge < -0.3 is 10.7 Å². The topological polar surface area (TPSA) is 107 Å². The predicted molar refractivity (Wildman–Crippen MR) is 115 cm³/mol. The van der Waals surface area contributed by atoms with E-state index in [9.17, 15) is 9.59 Å². The number of H-pyrrole nitrogens is 1. The maximum Gasteiger partial charge on any atom is 0.332 e. The average molecular weight is 405 g/mol. The van der Waals surface area contributed by atoms with Gasteiger partial charge in [-0.3, -0.25) is 4.79 Å². The number of aromatic nitrogens is 4. The molecule has 0 spiro atoms. The molecule has 8 heteroatoms. The van der Waals surface area contributed by atoms with E-state index in [1.165, 1.54) is 4.57 Å². The first-order valence-corrected chi connectivity index (χ1v) is 10.2. The minimum Gasteiger partial charge on any atom is -0.364 e. The SMILES string of the molecule is CSc1ccc(-c2nc(C(N)=O)c3[nH]c(=O)n(-c4ccc(C)c(C)c4)c3n2)cc1. The second-order valence-electron chi connectivity index (χ2n) is 6.72. The van der Waals surface area contributed by atoms with E-state index in [1.807, 2.05) is 62.6 Å². The van der Waals surface area contributed by atoms with Crippen molar-refractivity contribution in [2.45, 2.75) is 18.7 Å². The summed E-state index contributed by atoms with van der Waals surface area (Å²) in [5, 5.41) is 0. The number of carbonyl (C=O) groups is 1. The Bertz CT molecular complexity index is 1310.